The van der Waals surface area contributed by atoms with E-state index in [1.807, 2.05) is 13.8 Å². The molecule has 1 aromatic carbocycles. The fourth-order valence-electron chi connectivity index (χ4n) is 2.38. The van der Waals surface area contributed by atoms with E-state index in [4.69, 9.17) is 10.8 Å². The molecule has 1 unspecified atom stereocenters. The highest BCUT2D eigenvalue weighted by molar-refractivity contribution is 5.81. The van der Waals surface area contributed by atoms with Gasteiger partial charge in [0.1, 0.15) is 11.5 Å². The van der Waals surface area contributed by atoms with Gasteiger partial charge in [-0.3, -0.25) is 9.59 Å². The molecule has 0 aliphatic rings. The number of carbonyl (C=O) groups is 2. The normalized spacial score (nSPS) is 12.3. The second kappa shape index (κ2) is 10.1. The van der Waals surface area contributed by atoms with E-state index in [0.29, 0.717) is 18.1 Å². The number of hydrogen-bond donors (Lipinski definition) is 3. The molecule has 0 aliphatic heterocycles. The number of phenols is 1. The predicted octanol–water partition coefficient (Wildman–Crippen LogP) is 2.66. The Morgan fingerprint density at radius 2 is 1.71 bits per heavy atom. The van der Waals surface area contributed by atoms with Crippen LogP contribution in [0.3, 0.4) is 0 Å². The molecule has 0 aliphatic carbocycles. The van der Waals surface area contributed by atoms with Crippen LogP contribution in [0.5, 0.6) is 5.75 Å². The van der Waals surface area contributed by atoms with Crippen molar-refractivity contribution in [2.45, 2.75) is 53.5 Å². The molecular weight excluding hydrogens is 304 g/mol. The van der Waals surface area contributed by atoms with Crippen LogP contribution in [-0.2, 0) is 16.0 Å². The SMILES string of the molecule is CC(=O)C(C)(C)CC(C)C.CNC(Cc1ccc(O)cc1)C(N)=O. The number of Topliss-reactive ketones (excluding diaryl/α,β-unsaturated/α-hetero) is 1. The van der Waals surface area contributed by atoms with Gasteiger partial charge in [-0.2, -0.15) is 0 Å². The van der Waals surface area contributed by atoms with E-state index >= 15 is 0 Å². The van der Waals surface area contributed by atoms with E-state index in [-0.39, 0.29) is 23.1 Å². The van der Waals surface area contributed by atoms with Gasteiger partial charge in [0.25, 0.3) is 0 Å². The largest absolute Gasteiger partial charge is 0.508 e. The van der Waals surface area contributed by atoms with Gasteiger partial charge < -0.3 is 16.2 Å². The van der Waals surface area contributed by atoms with Gasteiger partial charge in [0.05, 0.1) is 6.04 Å². The third-order valence-corrected chi connectivity index (χ3v) is 3.94. The van der Waals surface area contributed by atoms with Gasteiger partial charge in [0, 0.05) is 5.41 Å². The van der Waals surface area contributed by atoms with E-state index in [2.05, 4.69) is 19.2 Å². The maximum Gasteiger partial charge on any atom is 0.234 e. The van der Waals surface area contributed by atoms with Crippen LogP contribution in [0.15, 0.2) is 24.3 Å². The molecule has 0 fully saturated rings. The first kappa shape index (κ1) is 22.1. The van der Waals surface area contributed by atoms with E-state index in [0.717, 1.165) is 12.0 Å². The molecule has 1 aromatic rings. The number of primary amides is 1. The summed E-state index contributed by atoms with van der Waals surface area (Å²) < 4.78 is 0. The summed E-state index contributed by atoms with van der Waals surface area (Å²) in [6, 6.07) is 6.34. The molecule has 1 amide bonds. The number of phenolic OH excluding ortho intramolecular Hbond substituents is 1. The van der Waals surface area contributed by atoms with Crippen LogP contribution in [0, 0.1) is 11.3 Å². The zero-order valence-electron chi connectivity index (χ0n) is 15.7. The van der Waals surface area contributed by atoms with Crippen molar-refractivity contribution in [3.05, 3.63) is 29.8 Å². The topological polar surface area (TPSA) is 92.4 Å². The summed E-state index contributed by atoms with van der Waals surface area (Å²) in [4.78, 5) is 21.9. The van der Waals surface area contributed by atoms with Crippen LogP contribution in [0.4, 0.5) is 0 Å². The van der Waals surface area contributed by atoms with Crippen LogP contribution in [0.2, 0.25) is 0 Å². The van der Waals surface area contributed by atoms with Crippen LogP contribution in [-0.4, -0.2) is 29.9 Å². The Morgan fingerprint density at radius 1 is 1.21 bits per heavy atom. The molecule has 0 heterocycles. The number of carbonyl (C=O) groups excluding carboxylic acids is 2. The second-order valence-corrected chi connectivity index (χ2v) is 7.15. The molecule has 0 radical (unpaired) electrons. The Hall–Kier alpha value is -1.88. The van der Waals surface area contributed by atoms with Gasteiger partial charge in [-0.05, 0) is 50.4 Å². The molecule has 5 heteroatoms. The summed E-state index contributed by atoms with van der Waals surface area (Å²) in [5.74, 6) is 0.745. The highest BCUT2D eigenvalue weighted by atomic mass is 16.3. The monoisotopic (exact) mass is 336 g/mol. The Bertz CT molecular complexity index is 522. The zero-order chi connectivity index (χ0) is 18.9. The quantitative estimate of drug-likeness (QED) is 0.714. The molecule has 0 spiro atoms. The molecule has 0 aromatic heterocycles. The first-order valence-electron chi connectivity index (χ1n) is 8.25. The molecule has 0 saturated carbocycles. The number of hydrogen-bond acceptors (Lipinski definition) is 4. The van der Waals surface area contributed by atoms with Crippen molar-refractivity contribution in [2.24, 2.45) is 17.1 Å². The highest BCUT2D eigenvalue weighted by Crippen LogP contribution is 2.25. The summed E-state index contributed by atoms with van der Waals surface area (Å²) in [6.07, 6.45) is 1.52. The highest BCUT2D eigenvalue weighted by Gasteiger charge is 2.24. The van der Waals surface area contributed by atoms with Crippen molar-refractivity contribution in [3.63, 3.8) is 0 Å². The lowest BCUT2D eigenvalue weighted by Crippen LogP contribution is -2.40. The third kappa shape index (κ3) is 8.67. The van der Waals surface area contributed by atoms with Gasteiger partial charge in [-0.25, -0.2) is 0 Å². The number of rotatable bonds is 7. The molecule has 5 nitrogen and oxygen atoms in total. The van der Waals surface area contributed by atoms with Crippen molar-refractivity contribution in [1.82, 2.24) is 5.32 Å². The minimum atomic E-state index is -0.374. The van der Waals surface area contributed by atoms with Crippen molar-refractivity contribution in [3.8, 4) is 5.75 Å². The molecule has 136 valence electrons. The Kier molecular flexibility index (Phi) is 9.29. The van der Waals surface area contributed by atoms with Crippen molar-refractivity contribution >= 4 is 11.7 Å². The first-order valence-corrected chi connectivity index (χ1v) is 8.25. The molecular formula is C19H32N2O3. The number of benzene rings is 1. The smallest absolute Gasteiger partial charge is 0.234 e. The Morgan fingerprint density at radius 3 is 2.00 bits per heavy atom. The first-order chi connectivity index (χ1) is 11.0. The number of nitrogens with one attached hydrogen (secondary N) is 1. The molecule has 0 bridgehead atoms. The Labute approximate surface area is 145 Å². The third-order valence-electron chi connectivity index (χ3n) is 3.94. The summed E-state index contributed by atoms with van der Waals surface area (Å²) in [5.41, 5.74) is 6.02. The number of aromatic hydroxyl groups is 1. The lowest BCUT2D eigenvalue weighted by Gasteiger charge is -2.22. The van der Waals surface area contributed by atoms with E-state index < -0.39 is 0 Å². The minimum absolute atomic E-state index is 0.117. The molecule has 1 atom stereocenters. The van der Waals surface area contributed by atoms with Crippen molar-refractivity contribution in [2.75, 3.05) is 7.05 Å². The average Bonchev–Trinajstić information content (AvgIpc) is 2.45. The molecule has 1 rings (SSSR count). The molecule has 4 N–H and O–H groups in total. The summed E-state index contributed by atoms with van der Waals surface area (Å²) in [6.45, 7) is 9.97. The van der Waals surface area contributed by atoms with E-state index in [1.54, 1.807) is 38.2 Å². The average molecular weight is 336 g/mol. The summed E-state index contributed by atoms with van der Waals surface area (Å²) >= 11 is 0. The van der Waals surface area contributed by atoms with Crippen LogP contribution < -0.4 is 11.1 Å². The minimum Gasteiger partial charge on any atom is -0.508 e. The zero-order valence-corrected chi connectivity index (χ0v) is 15.7. The maximum absolute atomic E-state index is 11.0. The standard InChI is InChI=1S/C10H14N2O2.C9H18O/c1-12-9(10(11)14)6-7-2-4-8(13)5-3-7;1-7(2)6-9(4,5)8(3)10/h2-5,9,12-13H,6H2,1H3,(H2,11,14);7H,6H2,1-5H3. The van der Waals surface area contributed by atoms with Crippen LogP contribution >= 0.6 is 0 Å². The number of nitrogens with two attached hydrogens (primary N) is 1. The number of ketones is 1. The summed E-state index contributed by atoms with van der Waals surface area (Å²) in [7, 11) is 1.69. The van der Waals surface area contributed by atoms with Crippen LogP contribution in [0.1, 0.15) is 46.6 Å². The summed E-state index contributed by atoms with van der Waals surface area (Å²) in [5, 5.41) is 11.9. The van der Waals surface area contributed by atoms with Gasteiger partial charge in [0.2, 0.25) is 5.91 Å². The van der Waals surface area contributed by atoms with Gasteiger partial charge in [0.15, 0.2) is 0 Å². The lowest BCUT2D eigenvalue weighted by molar-refractivity contribution is -0.125. The lowest BCUT2D eigenvalue weighted by atomic mass is 9.81. The van der Waals surface area contributed by atoms with Crippen LogP contribution in [0.25, 0.3) is 0 Å². The van der Waals surface area contributed by atoms with Gasteiger partial charge in [-0.1, -0.05) is 39.8 Å². The fourth-order valence-corrected chi connectivity index (χ4v) is 2.38. The molecule has 24 heavy (non-hydrogen) atoms. The predicted molar refractivity (Wildman–Crippen MR) is 97.8 cm³/mol. The van der Waals surface area contributed by atoms with Crippen molar-refractivity contribution in [1.29, 1.82) is 0 Å². The molecule has 0 saturated heterocycles. The number of amides is 1. The maximum atomic E-state index is 11.0. The fraction of sp³-hybridized carbons (Fsp3) is 0.579. The van der Waals surface area contributed by atoms with E-state index in [1.165, 1.54) is 0 Å². The van der Waals surface area contributed by atoms with E-state index in [9.17, 15) is 9.59 Å². The van der Waals surface area contributed by atoms with Gasteiger partial charge >= 0.3 is 0 Å². The number of likely N-dealkylation sites (N-methyl/N-ethyl adjacent to an activating group) is 1. The second-order valence-electron chi connectivity index (χ2n) is 7.15. The van der Waals surface area contributed by atoms with Crippen molar-refractivity contribution < 1.29 is 14.7 Å². The van der Waals surface area contributed by atoms with Gasteiger partial charge in [-0.15, -0.1) is 0 Å². The Balaban J connectivity index is 0.000000470.